The number of H-pyrrole nitrogens is 1. The highest BCUT2D eigenvalue weighted by molar-refractivity contribution is 5.92. The summed E-state index contributed by atoms with van der Waals surface area (Å²) in [6.07, 6.45) is 13.6. The van der Waals surface area contributed by atoms with Crippen LogP contribution in [0.1, 0.15) is 82.5 Å². The van der Waals surface area contributed by atoms with Crippen LogP contribution in [-0.2, 0) is 4.74 Å². The Morgan fingerprint density at radius 3 is 2.60 bits per heavy atom. The average Bonchev–Trinajstić information content (AvgIpc) is 3.51. The van der Waals surface area contributed by atoms with E-state index in [2.05, 4.69) is 55.1 Å². The first-order valence-corrected chi connectivity index (χ1v) is 12.9. The van der Waals surface area contributed by atoms with Crippen LogP contribution in [0.25, 0.3) is 0 Å². The molecule has 0 aromatic carbocycles. The number of aromatic amines is 1. The third kappa shape index (κ3) is 4.17. The fraction of sp³-hybridized carbons (Fsp3) is 0.607. The molecule has 3 N–H and O–H groups in total. The molecule has 3 heterocycles. The van der Waals surface area contributed by atoms with Crippen LogP contribution >= 0.6 is 0 Å². The Kier molecular flexibility index (Phi) is 6.01. The molecular formula is C28H36N4O3. The number of nitrogens with one attached hydrogen (secondary N) is 2. The van der Waals surface area contributed by atoms with Crippen molar-refractivity contribution >= 4 is 5.91 Å². The largest absolute Gasteiger partial charge is 0.389 e. The summed E-state index contributed by atoms with van der Waals surface area (Å²) in [7, 11) is 0. The Balaban J connectivity index is 1.47. The summed E-state index contributed by atoms with van der Waals surface area (Å²) in [4.78, 5) is 19.7. The highest BCUT2D eigenvalue weighted by atomic mass is 16.5. The number of hydrogen-bond donors (Lipinski definition) is 3. The van der Waals surface area contributed by atoms with Crippen molar-refractivity contribution < 1.29 is 14.6 Å². The number of nitrogens with zero attached hydrogens (tertiary/aromatic N) is 2. The number of imidazole rings is 1. The Morgan fingerprint density at radius 1 is 1.29 bits per heavy atom. The lowest BCUT2D eigenvalue weighted by Gasteiger charge is -2.51. The monoisotopic (exact) mass is 476 g/mol. The van der Waals surface area contributed by atoms with Gasteiger partial charge in [0.1, 0.15) is 11.8 Å². The van der Waals surface area contributed by atoms with E-state index in [1.165, 1.54) is 11.8 Å². The Labute approximate surface area is 207 Å². The molecule has 5 rings (SSSR count). The van der Waals surface area contributed by atoms with E-state index in [1.54, 1.807) is 0 Å². The minimum absolute atomic E-state index is 0.0371. The van der Waals surface area contributed by atoms with Crippen LogP contribution in [0.15, 0.2) is 41.3 Å². The Morgan fingerprint density at radius 2 is 2.00 bits per heavy atom. The number of fused-ring (bicyclic) bond motifs is 2. The summed E-state index contributed by atoms with van der Waals surface area (Å²) in [6.45, 7) is 8.83. The van der Waals surface area contributed by atoms with Crippen molar-refractivity contribution in [3.05, 3.63) is 52.8 Å². The standard InChI is InChI=1S/C28H36N4O3/c1-16-23-7-8-24(35-23)17(2)28(16,34)19-5-6-22(32-26(33)25-30-15-20(14-29)31-25)21(13-19)18-9-11-27(3,4)12-10-18/h5-6,9,15-17,19,23-24,34H,7-8,10-13H2,1-4H3,(H,30,31)(H,32,33)/t16-,17+,19?,23?,24?,28?. The van der Waals surface area contributed by atoms with Gasteiger partial charge in [-0.25, -0.2) is 4.98 Å². The minimum atomic E-state index is -0.863. The maximum atomic E-state index is 13.0. The van der Waals surface area contributed by atoms with Crippen LogP contribution in [0.3, 0.4) is 0 Å². The van der Waals surface area contributed by atoms with Gasteiger partial charge >= 0.3 is 0 Å². The van der Waals surface area contributed by atoms with E-state index in [0.29, 0.717) is 6.42 Å². The van der Waals surface area contributed by atoms with Crippen molar-refractivity contribution in [2.45, 2.75) is 84.0 Å². The first-order chi connectivity index (χ1) is 16.6. The van der Waals surface area contributed by atoms with Gasteiger partial charge in [-0.15, -0.1) is 0 Å². The maximum absolute atomic E-state index is 13.0. The number of aliphatic hydroxyl groups is 1. The van der Waals surface area contributed by atoms with Crippen LogP contribution in [0.2, 0.25) is 0 Å². The number of ether oxygens (including phenoxy) is 1. The highest BCUT2D eigenvalue weighted by Gasteiger charge is 2.57. The second-order valence-electron chi connectivity index (χ2n) is 11.6. The van der Waals surface area contributed by atoms with Crippen molar-refractivity contribution in [3.63, 3.8) is 0 Å². The molecule has 4 unspecified atom stereocenters. The van der Waals surface area contributed by atoms with Gasteiger partial charge in [-0.1, -0.05) is 39.8 Å². The number of carbonyl (C=O) groups is 1. The van der Waals surface area contributed by atoms with Gasteiger partial charge < -0.3 is 20.1 Å². The molecule has 186 valence electrons. The van der Waals surface area contributed by atoms with Gasteiger partial charge in [-0.2, -0.15) is 5.26 Å². The molecule has 0 radical (unpaired) electrons. The predicted octanol–water partition coefficient (Wildman–Crippen LogP) is 4.54. The van der Waals surface area contributed by atoms with Gasteiger partial charge in [0.15, 0.2) is 5.82 Å². The van der Waals surface area contributed by atoms with E-state index in [1.807, 2.05) is 12.1 Å². The summed E-state index contributed by atoms with van der Waals surface area (Å²) in [5.41, 5.74) is 2.76. The van der Waals surface area contributed by atoms with Crippen LogP contribution in [0.4, 0.5) is 0 Å². The third-order valence-corrected chi connectivity index (χ3v) is 9.02. The molecule has 2 fully saturated rings. The van der Waals surface area contributed by atoms with Gasteiger partial charge in [-0.05, 0) is 61.2 Å². The highest BCUT2D eigenvalue weighted by Crippen LogP contribution is 2.52. The van der Waals surface area contributed by atoms with Crippen LogP contribution in [-0.4, -0.2) is 38.8 Å². The summed E-state index contributed by atoms with van der Waals surface area (Å²) in [5, 5.41) is 24.3. The zero-order valence-electron chi connectivity index (χ0n) is 21.1. The topological polar surface area (TPSA) is 111 Å². The second kappa shape index (κ2) is 8.76. The SMILES string of the molecule is C[C@@H]1C2CCC(O2)[C@H](C)C1(O)C1C=CC(NC(=O)c2ncc(C#N)[nH]2)=C(C2=CCC(C)(C)CC2)C1. The summed E-state index contributed by atoms with van der Waals surface area (Å²) < 4.78 is 6.21. The van der Waals surface area contributed by atoms with Gasteiger partial charge in [0.2, 0.25) is 0 Å². The zero-order valence-corrected chi connectivity index (χ0v) is 21.1. The molecule has 35 heavy (non-hydrogen) atoms. The molecule has 2 aliphatic heterocycles. The quantitative estimate of drug-likeness (QED) is 0.591. The van der Waals surface area contributed by atoms with Crippen molar-refractivity contribution in [1.29, 1.82) is 5.26 Å². The molecule has 0 spiro atoms. The predicted molar refractivity (Wildman–Crippen MR) is 132 cm³/mol. The number of rotatable bonds is 4. The van der Waals surface area contributed by atoms with E-state index in [-0.39, 0.29) is 52.8 Å². The molecule has 0 saturated carbocycles. The lowest BCUT2D eigenvalue weighted by atomic mass is 9.63. The molecule has 1 amide bonds. The van der Waals surface area contributed by atoms with E-state index >= 15 is 0 Å². The first-order valence-electron chi connectivity index (χ1n) is 12.9. The van der Waals surface area contributed by atoms with Crippen molar-refractivity contribution in [2.75, 3.05) is 0 Å². The van der Waals surface area contributed by atoms with Crippen LogP contribution in [0, 0.1) is 34.5 Å². The lowest BCUT2D eigenvalue weighted by Crippen LogP contribution is -2.59. The molecular weight excluding hydrogens is 440 g/mol. The Hall–Kier alpha value is -2.69. The Bertz CT molecular complexity index is 1140. The van der Waals surface area contributed by atoms with Crippen LogP contribution in [0.5, 0.6) is 0 Å². The second-order valence-corrected chi connectivity index (χ2v) is 11.6. The van der Waals surface area contributed by atoms with Gasteiger partial charge in [-0.3, -0.25) is 4.79 Å². The fourth-order valence-corrected chi connectivity index (χ4v) is 6.59. The van der Waals surface area contributed by atoms with Gasteiger partial charge in [0.05, 0.1) is 24.0 Å². The van der Waals surface area contributed by atoms with Crippen LogP contribution < -0.4 is 5.32 Å². The number of allylic oxidation sites excluding steroid dienone is 4. The summed E-state index contributed by atoms with van der Waals surface area (Å²) in [6, 6.07) is 1.97. The van der Waals surface area contributed by atoms with Gasteiger partial charge in [0, 0.05) is 23.5 Å². The maximum Gasteiger partial charge on any atom is 0.291 e. The number of carbonyl (C=O) groups excluding carboxylic acids is 1. The molecule has 1 aromatic rings. The molecule has 6 atom stereocenters. The summed E-state index contributed by atoms with van der Waals surface area (Å²) >= 11 is 0. The average molecular weight is 477 g/mol. The fourth-order valence-electron chi connectivity index (χ4n) is 6.59. The molecule has 7 heteroatoms. The number of amides is 1. The van der Waals surface area contributed by atoms with Gasteiger partial charge in [0.25, 0.3) is 5.91 Å². The first kappa shape index (κ1) is 24.0. The van der Waals surface area contributed by atoms with Crippen molar-refractivity contribution in [3.8, 4) is 6.07 Å². The van der Waals surface area contributed by atoms with Crippen molar-refractivity contribution in [2.24, 2.45) is 23.2 Å². The summed E-state index contributed by atoms with van der Waals surface area (Å²) in [5.74, 6) is -0.238. The number of nitriles is 1. The number of aromatic nitrogens is 2. The molecule has 7 nitrogen and oxygen atoms in total. The van der Waals surface area contributed by atoms with E-state index in [0.717, 1.165) is 43.4 Å². The molecule has 4 aliphatic rings. The third-order valence-electron chi connectivity index (χ3n) is 9.02. The molecule has 2 bridgehead atoms. The zero-order chi connectivity index (χ0) is 25.0. The van der Waals surface area contributed by atoms with E-state index in [4.69, 9.17) is 10.00 Å². The normalized spacial score (nSPS) is 36.0. The lowest BCUT2D eigenvalue weighted by molar-refractivity contribution is -0.205. The van der Waals surface area contributed by atoms with Crippen molar-refractivity contribution in [1.82, 2.24) is 15.3 Å². The molecule has 1 aromatic heterocycles. The van der Waals surface area contributed by atoms with E-state index in [9.17, 15) is 9.90 Å². The smallest absolute Gasteiger partial charge is 0.291 e. The minimum Gasteiger partial charge on any atom is -0.389 e. The number of hydrogen-bond acceptors (Lipinski definition) is 5. The van der Waals surface area contributed by atoms with E-state index < -0.39 is 5.60 Å². The molecule has 2 saturated heterocycles. The molecule has 2 aliphatic carbocycles.